The minimum Gasteiger partial charge on any atom is -0.545 e. The van der Waals surface area contributed by atoms with Crippen molar-refractivity contribution >= 4 is 23.0 Å². The van der Waals surface area contributed by atoms with Crippen LogP contribution in [-0.4, -0.2) is 5.97 Å². The van der Waals surface area contributed by atoms with E-state index in [9.17, 15) is 18.7 Å². The van der Waals surface area contributed by atoms with Crippen molar-refractivity contribution < 1.29 is 18.7 Å². The van der Waals surface area contributed by atoms with E-state index in [4.69, 9.17) is 5.73 Å². The van der Waals surface area contributed by atoms with Crippen molar-refractivity contribution in [2.24, 2.45) is 0 Å². The first kappa shape index (κ1) is 12.8. The zero-order chi connectivity index (χ0) is 14.0. The molecule has 98 valence electrons. The molecule has 0 aromatic heterocycles. The Hall–Kier alpha value is -2.63. The molecule has 0 saturated carbocycles. The van der Waals surface area contributed by atoms with Crippen LogP contribution in [0.4, 0.5) is 25.8 Å². The lowest BCUT2D eigenvalue weighted by atomic mass is 10.1. The molecule has 0 fully saturated rings. The van der Waals surface area contributed by atoms with E-state index in [-0.39, 0.29) is 11.3 Å². The number of anilines is 3. The van der Waals surface area contributed by atoms with Gasteiger partial charge < -0.3 is 21.0 Å². The molecule has 0 radical (unpaired) electrons. The fraction of sp³-hybridized carbons (Fsp3) is 0. The number of carboxylic acid groups (broad SMARTS) is 1. The van der Waals surface area contributed by atoms with E-state index in [0.29, 0.717) is 11.4 Å². The van der Waals surface area contributed by atoms with Gasteiger partial charge in [-0.15, -0.1) is 0 Å². The molecule has 0 aliphatic rings. The first-order valence-electron chi connectivity index (χ1n) is 5.30. The highest BCUT2D eigenvalue weighted by Crippen LogP contribution is 2.25. The molecule has 0 spiro atoms. The largest absolute Gasteiger partial charge is 0.545 e. The third-order valence-electron chi connectivity index (χ3n) is 2.49. The molecule has 6 heteroatoms. The van der Waals surface area contributed by atoms with Crippen LogP contribution in [0.25, 0.3) is 0 Å². The fourth-order valence-corrected chi connectivity index (χ4v) is 1.53. The van der Waals surface area contributed by atoms with Crippen molar-refractivity contribution in [3.05, 3.63) is 53.6 Å². The van der Waals surface area contributed by atoms with Crippen LogP contribution in [0.5, 0.6) is 0 Å². The van der Waals surface area contributed by atoms with Gasteiger partial charge in [0.25, 0.3) is 0 Å². The lowest BCUT2D eigenvalue weighted by Crippen LogP contribution is -2.22. The van der Waals surface area contributed by atoms with Crippen LogP contribution in [0.1, 0.15) is 10.4 Å². The smallest absolute Gasteiger partial charge is 0.160 e. The second-order valence-electron chi connectivity index (χ2n) is 3.84. The minimum absolute atomic E-state index is 0.0617. The maximum absolute atomic E-state index is 13.0. The van der Waals surface area contributed by atoms with Crippen LogP contribution in [-0.2, 0) is 0 Å². The summed E-state index contributed by atoms with van der Waals surface area (Å²) in [7, 11) is 0. The molecular weight excluding hydrogens is 254 g/mol. The van der Waals surface area contributed by atoms with Gasteiger partial charge in [0.1, 0.15) is 0 Å². The fourth-order valence-electron chi connectivity index (χ4n) is 1.53. The molecule has 2 aromatic carbocycles. The van der Waals surface area contributed by atoms with Gasteiger partial charge in [0.15, 0.2) is 11.6 Å². The third kappa shape index (κ3) is 2.79. The molecule has 0 unspecified atom stereocenters. The molecule has 0 saturated heterocycles. The molecule has 0 bridgehead atoms. The Balaban J connectivity index is 2.28. The van der Waals surface area contributed by atoms with Crippen molar-refractivity contribution in [2.75, 3.05) is 11.1 Å². The van der Waals surface area contributed by atoms with E-state index in [2.05, 4.69) is 5.32 Å². The van der Waals surface area contributed by atoms with E-state index in [1.807, 2.05) is 0 Å². The SMILES string of the molecule is Nc1cc(C(=O)[O-])ccc1Nc1ccc(F)c(F)c1. The quantitative estimate of drug-likeness (QED) is 0.825. The molecule has 3 N–H and O–H groups in total. The number of benzene rings is 2. The maximum Gasteiger partial charge on any atom is 0.160 e. The average Bonchev–Trinajstić information content (AvgIpc) is 2.36. The molecule has 2 rings (SSSR count). The van der Waals surface area contributed by atoms with Crippen molar-refractivity contribution in [3.8, 4) is 0 Å². The number of carboxylic acids is 1. The summed E-state index contributed by atoms with van der Waals surface area (Å²) >= 11 is 0. The topological polar surface area (TPSA) is 78.2 Å². The van der Waals surface area contributed by atoms with Gasteiger partial charge in [-0.25, -0.2) is 8.78 Å². The second kappa shape index (κ2) is 4.93. The Morgan fingerprint density at radius 3 is 2.42 bits per heavy atom. The van der Waals surface area contributed by atoms with Crippen LogP contribution in [0.2, 0.25) is 0 Å². The molecule has 0 aliphatic heterocycles. The van der Waals surface area contributed by atoms with Crippen LogP contribution >= 0.6 is 0 Å². The first-order valence-corrected chi connectivity index (χ1v) is 5.30. The summed E-state index contributed by atoms with van der Waals surface area (Å²) in [4.78, 5) is 10.6. The second-order valence-corrected chi connectivity index (χ2v) is 3.84. The van der Waals surface area contributed by atoms with Gasteiger partial charge in [0.2, 0.25) is 0 Å². The van der Waals surface area contributed by atoms with Gasteiger partial charge in [0, 0.05) is 11.8 Å². The summed E-state index contributed by atoms with van der Waals surface area (Å²) < 4.78 is 25.8. The van der Waals surface area contributed by atoms with Gasteiger partial charge in [-0.2, -0.15) is 0 Å². The summed E-state index contributed by atoms with van der Waals surface area (Å²) in [6, 6.07) is 7.22. The molecule has 0 heterocycles. The zero-order valence-electron chi connectivity index (χ0n) is 9.61. The number of nitrogen functional groups attached to an aromatic ring is 1. The van der Waals surface area contributed by atoms with Crippen LogP contribution in [0, 0.1) is 11.6 Å². The number of carbonyl (C=O) groups is 1. The van der Waals surface area contributed by atoms with Crippen LogP contribution in [0.3, 0.4) is 0 Å². The molecular formula is C13H9F2N2O2-. The highest BCUT2D eigenvalue weighted by molar-refractivity contribution is 5.89. The number of halogens is 2. The van der Waals surface area contributed by atoms with Gasteiger partial charge in [-0.3, -0.25) is 0 Å². The van der Waals surface area contributed by atoms with Gasteiger partial charge in [-0.1, -0.05) is 6.07 Å². The van der Waals surface area contributed by atoms with E-state index in [1.165, 1.54) is 24.3 Å². The first-order chi connectivity index (χ1) is 8.97. The van der Waals surface area contributed by atoms with Gasteiger partial charge in [0.05, 0.1) is 17.3 Å². The van der Waals surface area contributed by atoms with Gasteiger partial charge >= 0.3 is 0 Å². The van der Waals surface area contributed by atoms with E-state index >= 15 is 0 Å². The number of aromatic carboxylic acids is 1. The summed E-state index contributed by atoms with van der Waals surface area (Å²) in [6.45, 7) is 0. The lowest BCUT2D eigenvalue weighted by Gasteiger charge is -2.11. The predicted octanol–water partition coefficient (Wildman–Crippen LogP) is 1.65. The Kier molecular flexibility index (Phi) is 3.33. The summed E-state index contributed by atoms with van der Waals surface area (Å²) in [5, 5.41) is 13.4. The average molecular weight is 263 g/mol. The molecule has 2 aromatic rings. The molecule has 19 heavy (non-hydrogen) atoms. The summed E-state index contributed by atoms with van der Waals surface area (Å²) in [6.07, 6.45) is 0. The monoisotopic (exact) mass is 263 g/mol. The minimum atomic E-state index is -1.34. The van der Waals surface area contributed by atoms with Crippen LogP contribution in [0.15, 0.2) is 36.4 Å². The number of carbonyl (C=O) groups excluding carboxylic acids is 1. The number of nitrogens with two attached hydrogens (primary N) is 1. The molecule has 0 amide bonds. The van der Waals surface area contributed by atoms with Crippen molar-refractivity contribution in [1.82, 2.24) is 0 Å². The van der Waals surface area contributed by atoms with Gasteiger partial charge in [-0.05, 0) is 29.8 Å². The Bertz CT molecular complexity index is 645. The normalized spacial score (nSPS) is 10.2. The molecule has 4 nitrogen and oxygen atoms in total. The van der Waals surface area contributed by atoms with Crippen molar-refractivity contribution in [3.63, 3.8) is 0 Å². The molecule has 0 aliphatic carbocycles. The van der Waals surface area contributed by atoms with E-state index in [1.54, 1.807) is 0 Å². The van der Waals surface area contributed by atoms with Crippen molar-refractivity contribution in [2.45, 2.75) is 0 Å². The zero-order valence-corrected chi connectivity index (χ0v) is 9.61. The Morgan fingerprint density at radius 2 is 1.84 bits per heavy atom. The predicted molar refractivity (Wildman–Crippen MR) is 64.8 cm³/mol. The van der Waals surface area contributed by atoms with Crippen molar-refractivity contribution in [1.29, 1.82) is 0 Å². The third-order valence-corrected chi connectivity index (χ3v) is 2.49. The Morgan fingerprint density at radius 1 is 1.11 bits per heavy atom. The van der Waals surface area contributed by atoms with Crippen LogP contribution < -0.4 is 16.2 Å². The van der Waals surface area contributed by atoms with E-state index in [0.717, 1.165) is 12.1 Å². The molecule has 0 atom stereocenters. The lowest BCUT2D eigenvalue weighted by molar-refractivity contribution is -0.255. The number of nitrogens with one attached hydrogen (secondary N) is 1. The number of hydrogen-bond acceptors (Lipinski definition) is 4. The Labute approximate surface area is 107 Å². The van der Waals surface area contributed by atoms with E-state index < -0.39 is 17.6 Å². The number of hydrogen-bond donors (Lipinski definition) is 2. The highest BCUT2D eigenvalue weighted by atomic mass is 19.2. The summed E-state index contributed by atoms with van der Waals surface area (Å²) in [5.41, 5.74) is 6.43. The number of rotatable bonds is 3. The highest BCUT2D eigenvalue weighted by Gasteiger charge is 2.05. The summed E-state index contributed by atoms with van der Waals surface area (Å²) in [5.74, 6) is -3.29. The maximum atomic E-state index is 13.0. The standard InChI is InChI=1S/C13H10F2N2O2/c14-9-3-2-8(6-10(9)15)17-12-4-1-7(13(18)19)5-11(12)16/h1-6,17H,16H2,(H,18,19)/p-1.